The SMILES string of the molecule is COC(=O)C(NC(=O)c1cc(-c2ccc(NC(=O)Nc3ccccc3F)cc2)no1)C(C)C.O=C(Nc1ccc(-c2cc(C(=O)O)on2)cc1)Nc1ccccc1F. The Balaban J connectivity index is 0.000000229. The lowest BCUT2D eigenvalue weighted by Gasteiger charge is -2.18. The van der Waals surface area contributed by atoms with E-state index in [1.54, 1.807) is 74.5 Å². The number of nitrogens with one attached hydrogen (secondary N) is 5. The monoisotopic (exact) mass is 795 g/mol. The number of para-hydroxylation sites is 2. The van der Waals surface area contributed by atoms with E-state index < -0.39 is 47.6 Å². The van der Waals surface area contributed by atoms with Crippen molar-refractivity contribution in [3.05, 3.63) is 132 Å². The standard InChI is InChI=1S/C23H23FN4O5.C17H12FN3O4/c1-13(2)20(22(30)32-3)27-21(29)19-12-18(28-33-19)14-8-10-15(11-9-14)25-23(31)26-17-7-5-4-6-16(17)24;18-12-3-1-2-4-13(12)20-17(24)19-11-7-5-10(6-8-11)14-9-15(16(22)23)25-21-14/h4-13,20H,1-3H3,(H,27,29)(H2,25,26,31);1-9H,(H,22,23)(H2,19,20,24). The van der Waals surface area contributed by atoms with Crippen LogP contribution >= 0.6 is 0 Å². The maximum absolute atomic E-state index is 13.6. The summed E-state index contributed by atoms with van der Waals surface area (Å²) in [7, 11) is 1.25. The van der Waals surface area contributed by atoms with Gasteiger partial charge in [-0.15, -0.1) is 0 Å². The molecule has 298 valence electrons. The summed E-state index contributed by atoms with van der Waals surface area (Å²) < 4.78 is 41.6. The van der Waals surface area contributed by atoms with Crippen LogP contribution in [0, 0.1) is 17.6 Å². The Bertz CT molecular complexity index is 2400. The molecule has 6 N–H and O–H groups in total. The number of carbonyl (C=O) groups excluding carboxylic acids is 4. The second kappa shape index (κ2) is 19.1. The number of carboxylic acid groups (broad SMARTS) is 1. The Morgan fingerprint density at radius 3 is 1.47 bits per heavy atom. The van der Waals surface area contributed by atoms with E-state index in [-0.39, 0.29) is 28.8 Å². The molecule has 0 saturated heterocycles. The third kappa shape index (κ3) is 11.1. The molecule has 16 nitrogen and oxygen atoms in total. The molecule has 4 aromatic carbocycles. The number of hydrogen-bond acceptors (Lipinski definition) is 10. The molecule has 0 bridgehead atoms. The summed E-state index contributed by atoms with van der Waals surface area (Å²) in [5.74, 6) is -3.94. The summed E-state index contributed by atoms with van der Waals surface area (Å²) in [5.41, 5.74) is 3.07. The molecule has 0 aliphatic carbocycles. The first-order chi connectivity index (χ1) is 27.8. The molecule has 0 aliphatic heterocycles. The van der Waals surface area contributed by atoms with Crippen molar-refractivity contribution >= 4 is 52.7 Å². The predicted molar refractivity (Wildman–Crippen MR) is 207 cm³/mol. The number of benzene rings is 4. The average Bonchev–Trinajstić information content (AvgIpc) is 3.91. The van der Waals surface area contributed by atoms with E-state index in [1.807, 2.05) is 0 Å². The molecule has 5 amide bonds. The first-order valence-electron chi connectivity index (χ1n) is 17.2. The van der Waals surface area contributed by atoms with Crippen molar-refractivity contribution in [1.82, 2.24) is 15.6 Å². The first-order valence-corrected chi connectivity index (χ1v) is 17.2. The Labute approximate surface area is 328 Å². The molecule has 2 heterocycles. The quantitative estimate of drug-likeness (QED) is 0.0692. The van der Waals surface area contributed by atoms with E-state index in [0.717, 1.165) is 0 Å². The van der Waals surface area contributed by atoms with E-state index in [2.05, 4.69) is 41.4 Å². The van der Waals surface area contributed by atoms with Crippen molar-refractivity contribution in [1.29, 1.82) is 0 Å². The zero-order valence-electron chi connectivity index (χ0n) is 30.9. The van der Waals surface area contributed by atoms with Crippen molar-refractivity contribution in [2.75, 3.05) is 28.4 Å². The Kier molecular flexibility index (Phi) is 13.6. The van der Waals surface area contributed by atoms with E-state index in [0.29, 0.717) is 33.9 Å². The van der Waals surface area contributed by atoms with Crippen LogP contribution in [0.3, 0.4) is 0 Å². The summed E-state index contributed by atoms with van der Waals surface area (Å²) in [6.07, 6.45) is 0. The number of carboxylic acids is 1. The summed E-state index contributed by atoms with van der Waals surface area (Å²) >= 11 is 0. The zero-order valence-corrected chi connectivity index (χ0v) is 30.9. The van der Waals surface area contributed by atoms with E-state index in [4.69, 9.17) is 14.4 Å². The number of anilines is 4. The molecule has 0 radical (unpaired) electrons. The molecule has 2 aromatic heterocycles. The van der Waals surface area contributed by atoms with Crippen LogP contribution in [0.2, 0.25) is 0 Å². The lowest BCUT2D eigenvalue weighted by Crippen LogP contribution is -2.44. The normalized spacial score (nSPS) is 11.0. The smallest absolute Gasteiger partial charge is 0.374 e. The highest BCUT2D eigenvalue weighted by Gasteiger charge is 2.27. The Morgan fingerprint density at radius 1 is 0.638 bits per heavy atom. The summed E-state index contributed by atoms with van der Waals surface area (Å²) in [6, 6.07) is 25.5. The van der Waals surface area contributed by atoms with Gasteiger partial charge < -0.3 is 45.5 Å². The van der Waals surface area contributed by atoms with Gasteiger partial charge in [-0.2, -0.15) is 0 Å². The largest absolute Gasteiger partial charge is 0.475 e. The van der Waals surface area contributed by atoms with E-state index in [9.17, 15) is 32.8 Å². The number of hydrogen-bond donors (Lipinski definition) is 6. The average molecular weight is 796 g/mol. The summed E-state index contributed by atoms with van der Waals surface area (Å²) in [4.78, 5) is 59.0. The van der Waals surface area contributed by atoms with Crippen LogP contribution in [0.5, 0.6) is 0 Å². The number of nitrogens with zero attached hydrogens (tertiary/aromatic N) is 2. The van der Waals surface area contributed by atoms with Gasteiger partial charge in [0.15, 0.2) is 0 Å². The van der Waals surface area contributed by atoms with Gasteiger partial charge in [0.25, 0.3) is 5.91 Å². The van der Waals surface area contributed by atoms with Crippen LogP contribution in [0.1, 0.15) is 35.0 Å². The first kappa shape index (κ1) is 41.3. The number of aromatic carboxylic acids is 1. The highest BCUT2D eigenvalue weighted by Crippen LogP contribution is 2.24. The van der Waals surface area contributed by atoms with E-state index >= 15 is 0 Å². The fraction of sp³-hybridized carbons (Fsp3) is 0.125. The highest BCUT2D eigenvalue weighted by molar-refractivity contribution is 6.01. The molecule has 1 atom stereocenters. The third-order valence-electron chi connectivity index (χ3n) is 7.98. The van der Waals surface area contributed by atoms with Gasteiger partial charge in [-0.1, -0.05) is 72.7 Å². The number of ether oxygens (including phenoxy) is 1. The van der Waals surface area contributed by atoms with Gasteiger partial charge in [-0.3, -0.25) is 4.79 Å². The maximum atomic E-state index is 13.6. The second-order valence-corrected chi connectivity index (χ2v) is 12.4. The Morgan fingerprint density at radius 2 is 1.07 bits per heavy atom. The minimum Gasteiger partial charge on any atom is -0.475 e. The van der Waals surface area contributed by atoms with Crippen molar-refractivity contribution in [2.45, 2.75) is 19.9 Å². The topological polar surface area (TPSA) is 227 Å². The minimum absolute atomic E-state index is 0.0620. The molecule has 1 unspecified atom stereocenters. The number of amides is 5. The van der Waals surface area contributed by atoms with Gasteiger partial charge in [0.1, 0.15) is 29.1 Å². The van der Waals surface area contributed by atoms with Gasteiger partial charge in [-0.25, -0.2) is 28.0 Å². The molecule has 58 heavy (non-hydrogen) atoms. The van der Waals surface area contributed by atoms with Crippen LogP contribution in [0.15, 0.2) is 118 Å². The van der Waals surface area contributed by atoms with E-state index in [1.165, 1.54) is 55.6 Å². The zero-order chi connectivity index (χ0) is 41.8. The fourth-order valence-corrected chi connectivity index (χ4v) is 5.01. The second-order valence-electron chi connectivity index (χ2n) is 12.4. The van der Waals surface area contributed by atoms with Crippen LogP contribution in [0.4, 0.5) is 41.1 Å². The lowest BCUT2D eigenvalue weighted by molar-refractivity contribution is -0.144. The number of rotatable bonds is 11. The van der Waals surface area contributed by atoms with Gasteiger partial charge in [0.05, 0.1) is 18.5 Å². The lowest BCUT2D eigenvalue weighted by atomic mass is 10.0. The molecule has 18 heteroatoms. The van der Waals surface area contributed by atoms with Gasteiger partial charge >= 0.3 is 24.0 Å². The number of carbonyl (C=O) groups is 5. The predicted octanol–water partition coefficient (Wildman–Crippen LogP) is 7.88. The number of halogens is 2. The molecular formula is C40H35F2N7O9. The van der Waals surface area contributed by atoms with Crippen molar-refractivity contribution in [3.8, 4) is 22.5 Å². The van der Waals surface area contributed by atoms with Gasteiger partial charge in [0.2, 0.25) is 11.5 Å². The number of esters is 1. The molecule has 0 aliphatic rings. The molecular weight excluding hydrogens is 760 g/mol. The maximum Gasteiger partial charge on any atom is 0.374 e. The number of urea groups is 2. The van der Waals surface area contributed by atoms with Crippen LogP contribution in [0.25, 0.3) is 22.5 Å². The van der Waals surface area contributed by atoms with Crippen molar-refractivity contribution in [3.63, 3.8) is 0 Å². The Hall–Kier alpha value is -7.89. The molecule has 6 rings (SSSR count). The molecule has 0 spiro atoms. The highest BCUT2D eigenvalue weighted by atomic mass is 19.1. The summed E-state index contributed by atoms with van der Waals surface area (Å²) in [5, 5.41) is 28.9. The molecule has 0 fully saturated rings. The minimum atomic E-state index is -1.21. The third-order valence-corrected chi connectivity index (χ3v) is 7.98. The van der Waals surface area contributed by atoms with Crippen molar-refractivity contribution < 1.29 is 51.6 Å². The number of methoxy groups -OCH3 is 1. The van der Waals surface area contributed by atoms with Crippen LogP contribution < -0.4 is 26.6 Å². The number of aromatic nitrogens is 2. The van der Waals surface area contributed by atoms with Gasteiger partial charge in [0, 0.05) is 34.6 Å². The van der Waals surface area contributed by atoms with Crippen molar-refractivity contribution in [2.24, 2.45) is 5.92 Å². The molecule has 6 aromatic rings. The van der Waals surface area contributed by atoms with Gasteiger partial charge in [-0.05, 0) is 54.4 Å². The molecule has 0 saturated carbocycles. The summed E-state index contributed by atoms with van der Waals surface area (Å²) in [6.45, 7) is 3.56. The fourth-order valence-electron chi connectivity index (χ4n) is 5.01. The van der Waals surface area contributed by atoms with Crippen LogP contribution in [-0.4, -0.2) is 58.5 Å². The van der Waals surface area contributed by atoms with Crippen LogP contribution in [-0.2, 0) is 9.53 Å².